The fourth-order valence-corrected chi connectivity index (χ4v) is 3.25. The van der Waals surface area contributed by atoms with Gasteiger partial charge in [-0.25, -0.2) is 9.67 Å². The topological polar surface area (TPSA) is 59.8 Å². The molecular weight excluding hydrogens is 360 g/mol. The number of pyridine rings is 1. The minimum atomic E-state index is -0.448. The van der Waals surface area contributed by atoms with Gasteiger partial charge >= 0.3 is 0 Å². The number of halogens is 1. The first kappa shape index (κ1) is 19.1. The van der Waals surface area contributed by atoms with Gasteiger partial charge in [0.15, 0.2) is 5.82 Å². The molecule has 0 unspecified atom stereocenters. The first-order valence-corrected chi connectivity index (χ1v) is 9.18. The average molecular weight is 383 g/mol. The third kappa shape index (κ3) is 4.55. The molecule has 1 amide bonds. The summed E-state index contributed by atoms with van der Waals surface area (Å²) in [7, 11) is 0. The van der Waals surface area contributed by atoms with Crippen molar-refractivity contribution in [3.8, 4) is 5.82 Å². The Kier molecular flexibility index (Phi) is 5.33. The third-order valence-electron chi connectivity index (χ3n) is 4.28. The van der Waals surface area contributed by atoms with Gasteiger partial charge in [0.1, 0.15) is 0 Å². The van der Waals surface area contributed by atoms with Gasteiger partial charge in [-0.1, -0.05) is 29.8 Å². The molecule has 0 aliphatic rings. The molecule has 5 nitrogen and oxygen atoms in total. The molecule has 2 aromatic heterocycles. The molecule has 0 radical (unpaired) electrons. The van der Waals surface area contributed by atoms with Crippen molar-refractivity contribution in [3.63, 3.8) is 0 Å². The van der Waals surface area contributed by atoms with Gasteiger partial charge in [-0.05, 0) is 63.9 Å². The maximum atomic E-state index is 12.6. The molecule has 3 aromatic rings. The predicted octanol–water partition coefficient (Wildman–Crippen LogP) is 4.29. The highest BCUT2D eigenvalue weighted by atomic mass is 35.5. The van der Waals surface area contributed by atoms with E-state index in [1.807, 2.05) is 58.0 Å². The lowest BCUT2D eigenvalue weighted by Gasteiger charge is -2.27. The number of nitrogens with zero attached hydrogens (tertiary/aromatic N) is 3. The Bertz CT molecular complexity index is 961. The Morgan fingerprint density at radius 1 is 1.19 bits per heavy atom. The second-order valence-corrected chi connectivity index (χ2v) is 7.76. The Labute approximate surface area is 164 Å². The molecule has 0 atom stereocenters. The van der Waals surface area contributed by atoms with Crippen LogP contribution in [-0.2, 0) is 6.42 Å². The van der Waals surface area contributed by atoms with E-state index in [1.54, 1.807) is 23.0 Å². The monoisotopic (exact) mass is 382 g/mol. The minimum Gasteiger partial charge on any atom is -0.347 e. The van der Waals surface area contributed by atoms with E-state index in [9.17, 15) is 4.79 Å². The van der Waals surface area contributed by atoms with Gasteiger partial charge in [0, 0.05) is 22.5 Å². The van der Waals surface area contributed by atoms with Crippen molar-refractivity contribution in [2.45, 2.75) is 39.7 Å². The van der Waals surface area contributed by atoms with Crippen molar-refractivity contribution >= 4 is 17.5 Å². The van der Waals surface area contributed by atoms with Crippen molar-refractivity contribution < 1.29 is 4.79 Å². The predicted molar refractivity (Wildman–Crippen MR) is 108 cm³/mol. The number of aryl methyl sites for hydroxylation is 2. The summed E-state index contributed by atoms with van der Waals surface area (Å²) in [5.41, 5.74) is 2.99. The molecule has 3 rings (SSSR count). The molecule has 1 aromatic carbocycles. The molecule has 0 fully saturated rings. The smallest absolute Gasteiger partial charge is 0.253 e. The van der Waals surface area contributed by atoms with E-state index in [0.29, 0.717) is 22.8 Å². The summed E-state index contributed by atoms with van der Waals surface area (Å²) in [6, 6.07) is 13.2. The van der Waals surface area contributed by atoms with Crippen LogP contribution in [0.1, 0.15) is 41.2 Å². The highest BCUT2D eigenvalue weighted by molar-refractivity contribution is 6.31. The summed E-state index contributed by atoms with van der Waals surface area (Å²) >= 11 is 6.24. The fraction of sp³-hybridized carbons (Fsp3) is 0.286. The van der Waals surface area contributed by atoms with E-state index in [2.05, 4.69) is 15.4 Å². The summed E-state index contributed by atoms with van der Waals surface area (Å²) in [6.07, 6.45) is 2.21. The molecule has 0 aliphatic heterocycles. The number of benzene rings is 1. The number of hydrogen-bond donors (Lipinski definition) is 1. The Balaban J connectivity index is 1.72. The highest BCUT2D eigenvalue weighted by Gasteiger charge is 2.23. The maximum absolute atomic E-state index is 12.6. The van der Waals surface area contributed by atoms with Crippen LogP contribution >= 0.6 is 11.6 Å². The molecule has 27 heavy (non-hydrogen) atoms. The zero-order valence-corrected chi connectivity index (χ0v) is 16.7. The molecule has 0 spiro atoms. The Morgan fingerprint density at radius 3 is 2.52 bits per heavy atom. The van der Waals surface area contributed by atoms with Gasteiger partial charge in [0.2, 0.25) is 0 Å². The van der Waals surface area contributed by atoms with Crippen LogP contribution in [0.5, 0.6) is 0 Å². The second kappa shape index (κ2) is 7.53. The van der Waals surface area contributed by atoms with Crippen molar-refractivity contribution in [1.29, 1.82) is 0 Å². The van der Waals surface area contributed by atoms with Crippen LogP contribution < -0.4 is 5.32 Å². The van der Waals surface area contributed by atoms with E-state index >= 15 is 0 Å². The van der Waals surface area contributed by atoms with Crippen LogP contribution in [0.2, 0.25) is 5.02 Å². The molecule has 0 saturated carbocycles. The number of aromatic nitrogens is 3. The molecule has 140 valence electrons. The molecule has 1 N–H and O–H groups in total. The van der Waals surface area contributed by atoms with E-state index in [4.69, 9.17) is 11.6 Å². The number of nitrogens with one attached hydrogen (secondary N) is 1. The Hall–Kier alpha value is -2.66. The molecule has 2 heterocycles. The second-order valence-electron chi connectivity index (χ2n) is 7.35. The number of carbonyl (C=O) groups is 1. The van der Waals surface area contributed by atoms with Crippen molar-refractivity contribution in [3.05, 3.63) is 76.2 Å². The number of hydrogen-bond acceptors (Lipinski definition) is 3. The minimum absolute atomic E-state index is 0.167. The van der Waals surface area contributed by atoms with Crippen LogP contribution in [0.25, 0.3) is 5.82 Å². The quantitative estimate of drug-likeness (QED) is 0.716. The van der Waals surface area contributed by atoms with Gasteiger partial charge in [-0.15, -0.1) is 0 Å². The summed E-state index contributed by atoms with van der Waals surface area (Å²) in [6.45, 7) is 7.86. The van der Waals surface area contributed by atoms with Crippen LogP contribution in [0.3, 0.4) is 0 Å². The summed E-state index contributed by atoms with van der Waals surface area (Å²) in [5.74, 6) is 0.520. The zero-order valence-electron chi connectivity index (χ0n) is 16.0. The molecule has 0 saturated heterocycles. The lowest BCUT2D eigenvalue weighted by Crippen LogP contribution is -2.45. The largest absolute Gasteiger partial charge is 0.347 e. The van der Waals surface area contributed by atoms with Crippen LogP contribution in [0, 0.1) is 13.8 Å². The van der Waals surface area contributed by atoms with E-state index < -0.39 is 5.54 Å². The lowest BCUT2D eigenvalue weighted by molar-refractivity contribution is 0.0912. The van der Waals surface area contributed by atoms with Crippen molar-refractivity contribution in [2.24, 2.45) is 0 Å². The zero-order chi connectivity index (χ0) is 19.6. The van der Waals surface area contributed by atoms with E-state index in [0.717, 1.165) is 17.0 Å². The summed E-state index contributed by atoms with van der Waals surface area (Å²) < 4.78 is 1.76. The maximum Gasteiger partial charge on any atom is 0.253 e. The summed E-state index contributed by atoms with van der Waals surface area (Å²) in [5, 5.41) is 8.18. The van der Waals surface area contributed by atoms with Crippen molar-refractivity contribution in [2.75, 3.05) is 0 Å². The number of carbonyl (C=O) groups excluding carboxylic acids is 1. The molecule has 6 heteroatoms. The highest BCUT2D eigenvalue weighted by Crippen LogP contribution is 2.21. The number of rotatable bonds is 5. The first-order chi connectivity index (χ1) is 12.7. The van der Waals surface area contributed by atoms with Gasteiger partial charge in [0.25, 0.3) is 5.91 Å². The average Bonchev–Trinajstić information content (AvgIpc) is 2.95. The van der Waals surface area contributed by atoms with E-state index in [-0.39, 0.29) is 5.91 Å². The van der Waals surface area contributed by atoms with Crippen LogP contribution in [-0.4, -0.2) is 26.2 Å². The van der Waals surface area contributed by atoms with E-state index in [1.165, 1.54) is 0 Å². The van der Waals surface area contributed by atoms with Gasteiger partial charge in [-0.2, -0.15) is 5.10 Å². The van der Waals surface area contributed by atoms with Crippen LogP contribution in [0.4, 0.5) is 0 Å². The fourth-order valence-electron chi connectivity index (χ4n) is 3.05. The number of amides is 1. The summed E-state index contributed by atoms with van der Waals surface area (Å²) in [4.78, 5) is 17.0. The van der Waals surface area contributed by atoms with Gasteiger partial charge in [0.05, 0.1) is 11.3 Å². The van der Waals surface area contributed by atoms with Gasteiger partial charge < -0.3 is 5.32 Å². The van der Waals surface area contributed by atoms with Crippen LogP contribution in [0.15, 0.2) is 48.7 Å². The molecule has 0 aliphatic carbocycles. The Morgan fingerprint density at radius 2 is 1.93 bits per heavy atom. The normalized spacial score (nSPS) is 11.4. The van der Waals surface area contributed by atoms with Crippen molar-refractivity contribution in [1.82, 2.24) is 20.1 Å². The van der Waals surface area contributed by atoms with Gasteiger partial charge in [-0.3, -0.25) is 4.79 Å². The molecular formula is C21H23ClN4O. The molecule has 0 bridgehead atoms. The lowest BCUT2D eigenvalue weighted by atomic mass is 9.94. The first-order valence-electron chi connectivity index (χ1n) is 8.81. The standard InChI is InChI=1S/C21H23ClN4O/c1-14-11-15(2)26(25-14)19-10-9-17(13-23-19)20(27)24-21(3,4)12-16-7-5-6-8-18(16)22/h5-11,13H,12H2,1-4H3,(H,24,27). The SMILES string of the molecule is Cc1cc(C)n(-c2ccc(C(=O)NC(C)(C)Cc3ccccc3Cl)cn2)n1. The third-order valence-corrected chi connectivity index (χ3v) is 4.65.